The van der Waals surface area contributed by atoms with Crippen LogP contribution in [0.1, 0.15) is 5.82 Å². The summed E-state index contributed by atoms with van der Waals surface area (Å²) in [5.74, 6) is 0.872. The van der Waals surface area contributed by atoms with Crippen molar-refractivity contribution in [3.63, 3.8) is 0 Å². The van der Waals surface area contributed by atoms with Crippen LogP contribution in [-0.2, 0) is 13.1 Å². The summed E-state index contributed by atoms with van der Waals surface area (Å²) in [5, 5.41) is 0. The van der Waals surface area contributed by atoms with Gasteiger partial charge in [-0.1, -0.05) is 0 Å². The van der Waals surface area contributed by atoms with Crippen molar-refractivity contribution in [2.45, 2.75) is 13.1 Å². The van der Waals surface area contributed by atoms with Crippen LogP contribution in [0.25, 0.3) is 0 Å². The third-order valence-corrected chi connectivity index (χ3v) is 2.13. The number of likely N-dealkylation sites (N-methyl/N-ethyl adjacent to an activating group) is 1. The topological polar surface area (TPSA) is 38.1 Å². The molecule has 0 bridgehead atoms. The van der Waals surface area contributed by atoms with Crippen LogP contribution in [0.15, 0.2) is 17.1 Å². The molecule has 0 fully saturated rings. The monoisotopic (exact) mass is 165 g/mol. The highest BCUT2D eigenvalue weighted by molar-refractivity contribution is 4.96. The highest BCUT2D eigenvalue weighted by atomic mass is 16.1. The molecule has 0 amide bonds. The zero-order chi connectivity index (χ0) is 8.55. The highest BCUT2D eigenvalue weighted by Crippen LogP contribution is 2.03. The van der Waals surface area contributed by atoms with Crippen LogP contribution >= 0.6 is 0 Å². The van der Waals surface area contributed by atoms with Gasteiger partial charge >= 0.3 is 0 Å². The Hall–Kier alpha value is -1.16. The predicted octanol–water partition coefficient (Wildman–Crippen LogP) is -0.311. The minimum absolute atomic E-state index is 0.0631. The predicted molar refractivity (Wildman–Crippen MR) is 44.8 cm³/mol. The van der Waals surface area contributed by atoms with Crippen LogP contribution < -0.4 is 5.56 Å². The molecule has 0 saturated heterocycles. The Kier molecular flexibility index (Phi) is 1.69. The lowest BCUT2D eigenvalue weighted by Gasteiger charge is -2.24. The van der Waals surface area contributed by atoms with Gasteiger partial charge in [0.1, 0.15) is 5.82 Å². The molecule has 0 spiro atoms. The smallest absolute Gasteiger partial charge is 0.253 e. The summed E-state index contributed by atoms with van der Waals surface area (Å²) >= 11 is 0. The van der Waals surface area contributed by atoms with Crippen molar-refractivity contribution in [1.29, 1.82) is 0 Å². The van der Waals surface area contributed by atoms with Crippen LogP contribution in [0, 0.1) is 0 Å². The van der Waals surface area contributed by atoms with Gasteiger partial charge in [0, 0.05) is 25.4 Å². The normalized spacial score (nSPS) is 17.4. The van der Waals surface area contributed by atoms with Crippen LogP contribution in [0.2, 0.25) is 0 Å². The van der Waals surface area contributed by atoms with Crippen molar-refractivity contribution < 1.29 is 0 Å². The minimum Gasteiger partial charge on any atom is -0.297 e. The van der Waals surface area contributed by atoms with Crippen molar-refractivity contribution >= 4 is 0 Å². The van der Waals surface area contributed by atoms with E-state index in [0.29, 0.717) is 0 Å². The fraction of sp³-hybridized carbons (Fsp3) is 0.500. The van der Waals surface area contributed by atoms with Crippen LogP contribution in [0.5, 0.6) is 0 Å². The van der Waals surface area contributed by atoms with Gasteiger partial charge in [0.25, 0.3) is 5.56 Å². The van der Waals surface area contributed by atoms with Crippen molar-refractivity contribution in [3.05, 3.63) is 28.4 Å². The summed E-state index contributed by atoms with van der Waals surface area (Å²) in [6.45, 7) is 2.47. The average Bonchev–Trinajstić information content (AvgIpc) is 2.04. The maximum absolute atomic E-state index is 11.3. The summed E-state index contributed by atoms with van der Waals surface area (Å²) in [7, 11) is 2.03. The second kappa shape index (κ2) is 2.71. The molecule has 0 N–H and O–H groups in total. The van der Waals surface area contributed by atoms with Gasteiger partial charge in [-0.25, -0.2) is 4.98 Å². The van der Waals surface area contributed by atoms with E-state index in [1.165, 1.54) is 6.07 Å². The van der Waals surface area contributed by atoms with Gasteiger partial charge in [-0.15, -0.1) is 0 Å². The van der Waals surface area contributed by atoms with Gasteiger partial charge in [-0.05, 0) is 7.05 Å². The molecule has 12 heavy (non-hydrogen) atoms. The maximum atomic E-state index is 11.3. The van der Waals surface area contributed by atoms with E-state index in [1.54, 1.807) is 10.8 Å². The largest absolute Gasteiger partial charge is 0.297 e. The third-order valence-electron chi connectivity index (χ3n) is 2.13. The van der Waals surface area contributed by atoms with Crippen LogP contribution in [0.4, 0.5) is 0 Å². The Morgan fingerprint density at radius 1 is 1.50 bits per heavy atom. The van der Waals surface area contributed by atoms with Gasteiger partial charge < -0.3 is 0 Å². The number of fused-ring (bicyclic) bond motifs is 1. The van der Waals surface area contributed by atoms with E-state index in [9.17, 15) is 4.79 Å². The minimum atomic E-state index is 0.0631. The van der Waals surface area contributed by atoms with Gasteiger partial charge in [-0.3, -0.25) is 14.3 Å². The number of hydrogen-bond donors (Lipinski definition) is 0. The number of nitrogens with zero attached hydrogens (tertiary/aromatic N) is 3. The standard InChI is InChI=1S/C8H11N3O/c1-10-4-5-11-7(6-10)9-3-2-8(11)12/h2-3H,4-6H2,1H3. The first-order chi connectivity index (χ1) is 5.77. The van der Waals surface area contributed by atoms with Crippen molar-refractivity contribution in [3.8, 4) is 0 Å². The van der Waals surface area contributed by atoms with E-state index in [2.05, 4.69) is 9.88 Å². The first-order valence-corrected chi connectivity index (χ1v) is 4.00. The first-order valence-electron chi connectivity index (χ1n) is 4.00. The Balaban J connectivity index is 2.49. The molecule has 0 saturated carbocycles. The van der Waals surface area contributed by atoms with Crippen LogP contribution in [0.3, 0.4) is 0 Å². The maximum Gasteiger partial charge on any atom is 0.253 e. The molecule has 1 aromatic rings. The average molecular weight is 165 g/mol. The van der Waals surface area contributed by atoms with E-state index in [1.807, 2.05) is 7.05 Å². The van der Waals surface area contributed by atoms with Gasteiger partial charge in [0.05, 0.1) is 6.54 Å². The van der Waals surface area contributed by atoms with E-state index in [4.69, 9.17) is 0 Å². The van der Waals surface area contributed by atoms with Gasteiger partial charge in [0.2, 0.25) is 0 Å². The van der Waals surface area contributed by atoms with E-state index in [0.717, 1.165) is 25.5 Å². The molecule has 0 radical (unpaired) electrons. The summed E-state index contributed by atoms with van der Waals surface area (Å²) < 4.78 is 1.74. The first kappa shape index (κ1) is 7.49. The zero-order valence-corrected chi connectivity index (χ0v) is 7.03. The molecule has 0 unspecified atom stereocenters. The fourth-order valence-corrected chi connectivity index (χ4v) is 1.43. The number of hydrogen-bond acceptors (Lipinski definition) is 3. The molecule has 2 rings (SSSR count). The zero-order valence-electron chi connectivity index (χ0n) is 7.03. The van der Waals surface area contributed by atoms with Gasteiger partial charge in [0.15, 0.2) is 0 Å². The Morgan fingerprint density at radius 3 is 3.17 bits per heavy atom. The fourth-order valence-electron chi connectivity index (χ4n) is 1.43. The summed E-state index contributed by atoms with van der Waals surface area (Å²) in [6, 6.07) is 1.51. The molecule has 2 heterocycles. The molecule has 4 nitrogen and oxygen atoms in total. The number of rotatable bonds is 0. The molecule has 1 aliphatic heterocycles. The molecule has 1 aromatic heterocycles. The molecule has 0 aliphatic carbocycles. The quantitative estimate of drug-likeness (QED) is 0.529. The van der Waals surface area contributed by atoms with Crippen molar-refractivity contribution in [2.75, 3.05) is 13.6 Å². The second-order valence-electron chi connectivity index (χ2n) is 3.09. The SMILES string of the molecule is CN1CCn2c(nccc2=O)C1. The molecule has 0 atom stereocenters. The van der Waals surface area contributed by atoms with Crippen molar-refractivity contribution in [2.24, 2.45) is 0 Å². The summed E-state index contributed by atoms with van der Waals surface area (Å²) in [5.41, 5.74) is 0.0631. The molecular formula is C8H11N3O. The lowest BCUT2D eigenvalue weighted by Crippen LogP contribution is -2.37. The van der Waals surface area contributed by atoms with E-state index >= 15 is 0 Å². The molecule has 1 aliphatic rings. The molecule has 4 heteroatoms. The lowest BCUT2D eigenvalue weighted by molar-refractivity contribution is 0.257. The molecule has 0 aromatic carbocycles. The number of aromatic nitrogens is 2. The Bertz CT molecular complexity index is 344. The third kappa shape index (κ3) is 1.14. The summed E-state index contributed by atoms with van der Waals surface area (Å²) in [4.78, 5) is 17.6. The molecular weight excluding hydrogens is 154 g/mol. The van der Waals surface area contributed by atoms with Gasteiger partial charge in [-0.2, -0.15) is 0 Å². The Morgan fingerprint density at radius 2 is 2.33 bits per heavy atom. The Labute approximate surface area is 70.5 Å². The lowest BCUT2D eigenvalue weighted by atomic mass is 10.3. The summed E-state index contributed by atoms with van der Waals surface area (Å²) in [6.07, 6.45) is 1.58. The second-order valence-corrected chi connectivity index (χ2v) is 3.09. The molecule has 64 valence electrons. The highest BCUT2D eigenvalue weighted by Gasteiger charge is 2.13. The van der Waals surface area contributed by atoms with E-state index < -0.39 is 0 Å². The van der Waals surface area contributed by atoms with E-state index in [-0.39, 0.29) is 5.56 Å². The van der Waals surface area contributed by atoms with Crippen molar-refractivity contribution in [1.82, 2.24) is 14.5 Å². The van der Waals surface area contributed by atoms with Crippen LogP contribution in [-0.4, -0.2) is 28.0 Å².